The van der Waals surface area contributed by atoms with E-state index in [1.54, 1.807) is 13.8 Å². The quantitative estimate of drug-likeness (QED) is 0.741. The fourth-order valence-electron chi connectivity index (χ4n) is 1.43. The molecule has 0 aromatic heterocycles. The third kappa shape index (κ3) is 4.62. The van der Waals surface area contributed by atoms with Crippen LogP contribution >= 0.6 is 7.82 Å². The Bertz CT molecular complexity index is 243. The molecule has 1 aliphatic heterocycles. The van der Waals surface area contributed by atoms with E-state index in [-0.39, 0.29) is 18.8 Å². The second-order valence-corrected chi connectivity index (χ2v) is 5.50. The van der Waals surface area contributed by atoms with Crippen LogP contribution in [0.25, 0.3) is 0 Å². The molecular weight excluding hydrogens is 219 g/mol. The average Bonchev–Trinajstić information content (AvgIpc) is 2.45. The van der Waals surface area contributed by atoms with Crippen LogP contribution in [0.5, 0.6) is 0 Å². The maximum Gasteiger partial charge on any atom is 0.472 e. The smallest absolute Gasteiger partial charge is 0.376 e. The minimum Gasteiger partial charge on any atom is -0.376 e. The molecule has 1 heterocycles. The summed E-state index contributed by atoms with van der Waals surface area (Å²) >= 11 is 0. The Morgan fingerprint density at radius 1 is 1.60 bits per heavy atom. The standard InChI is InChI=1S/C9H19O5P/c1-7(2)14-15(10,11)13-6-9-8(3)4-5-12-9/h7-9H,4-6H2,1-3H3,(H,10,11)/t8?,9-/m1/s1. The van der Waals surface area contributed by atoms with E-state index in [9.17, 15) is 9.46 Å². The van der Waals surface area contributed by atoms with Crippen LogP contribution in [0.4, 0.5) is 0 Å². The Kier molecular flexibility index (Phi) is 4.74. The van der Waals surface area contributed by atoms with Gasteiger partial charge in [0.25, 0.3) is 0 Å². The lowest BCUT2D eigenvalue weighted by molar-refractivity contribution is 0.0301. The summed E-state index contributed by atoms with van der Waals surface area (Å²) in [5, 5.41) is 0. The molecule has 0 amide bonds. The predicted octanol–water partition coefficient (Wildman–Crippen LogP) is 1.95. The molecule has 1 saturated heterocycles. The summed E-state index contributed by atoms with van der Waals surface area (Å²) in [6.45, 7) is 6.20. The van der Waals surface area contributed by atoms with Gasteiger partial charge in [-0.05, 0) is 26.2 Å². The Balaban J connectivity index is 2.32. The predicted molar refractivity (Wildman–Crippen MR) is 55.5 cm³/mol. The summed E-state index contributed by atoms with van der Waals surface area (Å²) in [6, 6.07) is 0. The van der Waals surface area contributed by atoms with Crippen molar-refractivity contribution in [3.05, 3.63) is 0 Å². The molecule has 0 aromatic carbocycles. The van der Waals surface area contributed by atoms with E-state index in [1.165, 1.54) is 0 Å². The molecular formula is C9H19O5P. The van der Waals surface area contributed by atoms with Crippen LogP contribution in [-0.2, 0) is 18.3 Å². The van der Waals surface area contributed by atoms with Crippen LogP contribution in [-0.4, -0.2) is 30.3 Å². The lowest BCUT2D eigenvalue weighted by atomic mass is 10.1. The van der Waals surface area contributed by atoms with Crippen molar-refractivity contribution < 1.29 is 23.2 Å². The fraction of sp³-hybridized carbons (Fsp3) is 1.00. The van der Waals surface area contributed by atoms with Crippen LogP contribution in [0.3, 0.4) is 0 Å². The third-order valence-electron chi connectivity index (χ3n) is 2.29. The lowest BCUT2D eigenvalue weighted by Gasteiger charge is -2.18. The molecule has 1 rings (SSSR count). The van der Waals surface area contributed by atoms with Gasteiger partial charge in [-0.2, -0.15) is 0 Å². The molecule has 0 aromatic rings. The maximum atomic E-state index is 11.3. The molecule has 3 atom stereocenters. The monoisotopic (exact) mass is 238 g/mol. The molecule has 5 nitrogen and oxygen atoms in total. The van der Waals surface area contributed by atoms with Crippen molar-refractivity contribution in [2.75, 3.05) is 13.2 Å². The van der Waals surface area contributed by atoms with E-state index in [2.05, 4.69) is 0 Å². The van der Waals surface area contributed by atoms with Crippen molar-refractivity contribution in [1.29, 1.82) is 0 Å². The first-order valence-electron chi connectivity index (χ1n) is 5.18. The van der Waals surface area contributed by atoms with Gasteiger partial charge in [0.1, 0.15) is 0 Å². The summed E-state index contributed by atoms with van der Waals surface area (Å²) in [4.78, 5) is 9.29. The fourth-order valence-corrected chi connectivity index (χ4v) is 2.36. The number of hydrogen-bond acceptors (Lipinski definition) is 4. The first-order valence-corrected chi connectivity index (χ1v) is 6.67. The van der Waals surface area contributed by atoms with Crippen LogP contribution in [0, 0.1) is 5.92 Å². The summed E-state index contributed by atoms with van der Waals surface area (Å²) in [7, 11) is -3.91. The zero-order chi connectivity index (χ0) is 11.5. The van der Waals surface area contributed by atoms with Gasteiger partial charge in [0.05, 0.1) is 18.8 Å². The molecule has 0 aliphatic carbocycles. The van der Waals surface area contributed by atoms with Gasteiger partial charge in [-0.25, -0.2) is 4.57 Å². The Morgan fingerprint density at radius 2 is 2.27 bits per heavy atom. The van der Waals surface area contributed by atoms with Crippen molar-refractivity contribution >= 4 is 7.82 Å². The maximum absolute atomic E-state index is 11.3. The van der Waals surface area contributed by atoms with Crippen molar-refractivity contribution in [1.82, 2.24) is 0 Å². The molecule has 90 valence electrons. The molecule has 2 unspecified atom stereocenters. The molecule has 0 spiro atoms. The molecule has 15 heavy (non-hydrogen) atoms. The zero-order valence-electron chi connectivity index (χ0n) is 9.38. The Morgan fingerprint density at radius 3 is 2.73 bits per heavy atom. The highest BCUT2D eigenvalue weighted by Crippen LogP contribution is 2.45. The van der Waals surface area contributed by atoms with Gasteiger partial charge in [0.15, 0.2) is 0 Å². The molecule has 1 aliphatic rings. The Labute approximate surface area is 90.3 Å². The Hall–Kier alpha value is 0.0700. The SMILES string of the molecule is CC(C)OP(=O)(O)OC[C@H]1OCCC1C. The van der Waals surface area contributed by atoms with Crippen molar-refractivity contribution in [3.63, 3.8) is 0 Å². The van der Waals surface area contributed by atoms with Crippen LogP contribution < -0.4 is 0 Å². The summed E-state index contributed by atoms with van der Waals surface area (Å²) in [5.74, 6) is 0.365. The third-order valence-corrected chi connectivity index (χ3v) is 3.45. The van der Waals surface area contributed by atoms with E-state index in [4.69, 9.17) is 13.8 Å². The van der Waals surface area contributed by atoms with Crippen molar-refractivity contribution in [2.24, 2.45) is 5.92 Å². The van der Waals surface area contributed by atoms with Crippen LogP contribution in [0.15, 0.2) is 0 Å². The van der Waals surface area contributed by atoms with Gasteiger partial charge >= 0.3 is 7.82 Å². The molecule has 0 radical (unpaired) electrons. The van der Waals surface area contributed by atoms with E-state index in [0.717, 1.165) is 6.42 Å². The van der Waals surface area contributed by atoms with Crippen molar-refractivity contribution in [2.45, 2.75) is 39.4 Å². The van der Waals surface area contributed by atoms with Gasteiger partial charge in [0.2, 0.25) is 0 Å². The van der Waals surface area contributed by atoms with Gasteiger partial charge in [-0.15, -0.1) is 0 Å². The minimum absolute atomic E-state index is 0.0961. The second kappa shape index (κ2) is 5.41. The number of ether oxygens (including phenoxy) is 1. The minimum atomic E-state index is -3.91. The topological polar surface area (TPSA) is 65.0 Å². The van der Waals surface area contributed by atoms with E-state index in [0.29, 0.717) is 12.5 Å². The molecule has 0 bridgehead atoms. The van der Waals surface area contributed by atoms with Gasteiger partial charge in [0, 0.05) is 6.61 Å². The average molecular weight is 238 g/mol. The summed E-state index contributed by atoms with van der Waals surface area (Å²) in [6.07, 6.45) is 0.540. The number of rotatable bonds is 5. The van der Waals surface area contributed by atoms with E-state index in [1.807, 2.05) is 6.92 Å². The molecule has 6 heteroatoms. The van der Waals surface area contributed by atoms with Gasteiger partial charge in [-0.1, -0.05) is 6.92 Å². The first-order chi connectivity index (χ1) is 6.91. The number of hydrogen-bond donors (Lipinski definition) is 1. The highest BCUT2D eigenvalue weighted by atomic mass is 31.2. The van der Waals surface area contributed by atoms with Gasteiger partial charge < -0.3 is 9.63 Å². The highest BCUT2D eigenvalue weighted by Gasteiger charge is 2.29. The van der Waals surface area contributed by atoms with Crippen LogP contribution in [0.2, 0.25) is 0 Å². The normalized spacial score (nSPS) is 30.7. The second-order valence-electron chi connectivity index (χ2n) is 4.09. The van der Waals surface area contributed by atoms with E-state index >= 15 is 0 Å². The van der Waals surface area contributed by atoms with Crippen molar-refractivity contribution in [3.8, 4) is 0 Å². The molecule has 1 N–H and O–H groups in total. The van der Waals surface area contributed by atoms with E-state index < -0.39 is 7.82 Å². The zero-order valence-corrected chi connectivity index (χ0v) is 10.3. The highest BCUT2D eigenvalue weighted by molar-refractivity contribution is 7.47. The first kappa shape index (κ1) is 13.1. The molecule has 1 fully saturated rings. The summed E-state index contributed by atoms with van der Waals surface area (Å²) < 4.78 is 26.3. The number of phosphoric ester groups is 1. The largest absolute Gasteiger partial charge is 0.472 e. The number of phosphoric acid groups is 1. The van der Waals surface area contributed by atoms with Gasteiger partial charge in [-0.3, -0.25) is 9.05 Å². The molecule has 0 saturated carbocycles. The lowest BCUT2D eigenvalue weighted by Crippen LogP contribution is -2.20. The van der Waals surface area contributed by atoms with Crippen LogP contribution in [0.1, 0.15) is 27.2 Å². The summed E-state index contributed by atoms with van der Waals surface area (Å²) in [5.41, 5.74) is 0.